The molecule has 0 spiro atoms. The van der Waals surface area contributed by atoms with Crippen molar-refractivity contribution in [2.45, 2.75) is 65.8 Å². The van der Waals surface area contributed by atoms with Gasteiger partial charge in [0.1, 0.15) is 11.5 Å². The predicted octanol–water partition coefficient (Wildman–Crippen LogP) is 6.82. The van der Waals surface area contributed by atoms with E-state index in [2.05, 4.69) is 0 Å². The molecule has 0 heterocycles. The third-order valence-corrected chi connectivity index (χ3v) is 7.10. The summed E-state index contributed by atoms with van der Waals surface area (Å²) in [4.78, 5) is 27.7. The van der Waals surface area contributed by atoms with Gasteiger partial charge >= 0.3 is 5.97 Å². The molecule has 0 saturated heterocycles. The third-order valence-electron chi connectivity index (χ3n) is 7.10. The molecule has 1 amide bonds. The quantitative estimate of drug-likeness (QED) is 0.278. The highest BCUT2D eigenvalue weighted by atomic mass is 19.1. The fourth-order valence-corrected chi connectivity index (χ4v) is 4.93. The van der Waals surface area contributed by atoms with Crippen molar-refractivity contribution in [3.05, 3.63) is 82.7 Å². The van der Waals surface area contributed by atoms with Crippen LogP contribution in [0.5, 0.6) is 17.2 Å². The van der Waals surface area contributed by atoms with Gasteiger partial charge in [-0.1, -0.05) is 12.1 Å². The highest BCUT2D eigenvalue weighted by Gasteiger charge is 2.30. The summed E-state index contributed by atoms with van der Waals surface area (Å²) in [6.07, 6.45) is 2.40. The minimum Gasteiger partial charge on any atom is -0.505 e. The van der Waals surface area contributed by atoms with Gasteiger partial charge in [-0.15, -0.1) is 0 Å². The summed E-state index contributed by atoms with van der Waals surface area (Å²) in [6, 6.07) is 15.0. The molecule has 0 radical (unpaired) electrons. The number of aryl methyl sites for hydroxylation is 1. The Morgan fingerprint density at radius 3 is 2.36 bits per heavy atom. The molecule has 1 aliphatic rings. The van der Waals surface area contributed by atoms with Crippen LogP contribution in [0.2, 0.25) is 0 Å². The Morgan fingerprint density at radius 1 is 1.00 bits per heavy atom. The number of carbonyl (C=O) groups is 2. The highest BCUT2D eigenvalue weighted by Crippen LogP contribution is 2.41. The predicted molar refractivity (Wildman–Crippen MR) is 149 cm³/mol. The standard InChI is InChI=1S/C32H36FNO5/c1-19(2)34(30(36)23-10-14-29(35)27(33)17-23)28-18-24(38-6)12-13-26(28)22-8-7-21-16-25(11-9-20(21)15-22)39-31(37)32(3,4)5/h9-14,16-19,22,35H,7-8,15H2,1-6H3/t22-/m0/s1. The molecule has 3 aromatic carbocycles. The van der Waals surface area contributed by atoms with E-state index in [1.54, 1.807) is 12.0 Å². The van der Waals surface area contributed by atoms with Crippen LogP contribution in [0.15, 0.2) is 54.6 Å². The van der Waals surface area contributed by atoms with Gasteiger partial charge in [0.15, 0.2) is 11.6 Å². The molecule has 0 saturated carbocycles. The number of nitrogens with zero attached hydrogens (tertiary/aromatic N) is 1. The average molecular weight is 534 g/mol. The van der Waals surface area contributed by atoms with Gasteiger partial charge in [0, 0.05) is 17.7 Å². The van der Waals surface area contributed by atoms with Gasteiger partial charge in [0.05, 0.1) is 18.2 Å². The Hall–Kier alpha value is -3.87. The number of rotatable bonds is 6. The summed E-state index contributed by atoms with van der Waals surface area (Å²) in [5.41, 5.74) is 3.61. The van der Waals surface area contributed by atoms with Crippen LogP contribution >= 0.6 is 0 Å². The van der Waals surface area contributed by atoms with Crippen molar-refractivity contribution < 1.29 is 28.6 Å². The van der Waals surface area contributed by atoms with Gasteiger partial charge in [-0.2, -0.15) is 0 Å². The summed E-state index contributed by atoms with van der Waals surface area (Å²) < 4.78 is 25.2. The van der Waals surface area contributed by atoms with Crippen LogP contribution in [0, 0.1) is 11.2 Å². The summed E-state index contributed by atoms with van der Waals surface area (Å²) in [6.45, 7) is 9.30. The van der Waals surface area contributed by atoms with Gasteiger partial charge in [-0.3, -0.25) is 9.59 Å². The SMILES string of the molecule is COc1ccc([C@H]2CCc3cc(OC(=O)C(C)(C)C)ccc3C2)c(N(C(=O)c2ccc(O)c(F)c2)C(C)C)c1. The first kappa shape index (κ1) is 28.1. The molecule has 0 bridgehead atoms. The number of ether oxygens (including phenoxy) is 2. The van der Waals surface area contributed by atoms with Crippen LogP contribution in [0.1, 0.15) is 74.0 Å². The molecule has 0 aliphatic heterocycles. The number of aromatic hydroxyl groups is 1. The second kappa shape index (κ2) is 11.1. The van der Waals surface area contributed by atoms with Gasteiger partial charge in [-0.05, 0) is 113 Å². The van der Waals surface area contributed by atoms with Crippen molar-refractivity contribution in [1.82, 2.24) is 0 Å². The highest BCUT2D eigenvalue weighted by molar-refractivity contribution is 6.07. The number of anilines is 1. The van der Waals surface area contributed by atoms with Crippen molar-refractivity contribution in [3.63, 3.8) is 0 Å². The van der Waals surface area contributed by atoms with Crippen LogP contribution in [0.25, 0.3) is 0 Å². The zero-order chi connectivity index (χ0) is 28.5. The molecular formula is C32H36FNO5. The van der Waals surface area contributed by atoms with Crippen LogP contribution in [0.3, 0.4) is 0 Å². The first-order valence-electron chi connectivity index (χ1n) is 13.2. The van der Waals surface area contributed by atoms with Gasteiger partial charge in [0.2, 0.25) is 0 Å². The van der Waals surface area contributed by atoms with E-state index in [1.165, 1.54) is 17.7 Å². The Kier molecular flexibility index (Phi) is 8.00. The van der Waals surface area contributed by atoms with Crippen molar-refractivity contribution in [3.8, 4) is 17.2 Å². The van der Waals surface area contributed by atoms with Gasteiger partial charge < -0.3 is 19.5 Å². The number of hydrogen-bond donors (Lipinski definition) is 1. The molecule has 39 heavy (non-hydrogen) atoms. The molecule has 7 heteroatoms. The summed E-state index contributed by atoms with van der Waals surface area (Å²) in [5, 5.41) is 9.61. The van der Waals surface area contributed by atoms with Gasteiger partial charge in [0.25, 0.3) is 5.91 Å². The van der Waals surface area contributed by atoms with E-state index < -0.39 is 17.0 Å². The zero-order valence-corrected chi connectivity index (χ0v) is 23.4. The molecule has 1 N–H and O–H groups in total. The van der Waals surface area contributed by atoms with E-state index in [0.29, 0.717) is 17.2 Å². The second-order valence-electron chi connectivity index (χ2n) is 11.4. The summed E-state index contributed by atoms with van der Waals surface area (Å²) in [7, 11) is 1.58. The monoisotopic (exact) mass is 533 g/mol. The first-order chi connectivity index (χ1) is 18.4. The number of fused-ring (bicyclic) bond motifs is 1. The van der Waals surface area contributed by atoms with E-state index >= 15 is 0 Å². The number of hydrogen-bond acceptors (Lipinski definition) is 5. The first-order valence-corrected chi connectivity index (χ1v) is 13.2. The lowest BCUT2D eigenvalue weighted by atomic mass is 9.79. The number of halogens is 1. The maximum atomic E-state index is 14.1. The summed E-state index contributed by atoms with van der Waals surface area (Å²) >= 11 is 0. The van der Waals surface area contributed by atoms with Crippen molar-refractivity contribution in [1.29, 1.82) is 0 Å². The summed E-state index contributed by atoms with van der Waals surface area (Å²) in [5.74, 6) is -0.674. The number of benzene rings is 3. The third kappa shape index (κ3) is 6.08. The normalized spacial score (nSPS) is 15.0. The number of carbonyl (C=O) groups excluding carboxylic acids is 2. The molecule has 1 atom stereocenters. The maximum Gasteiger partial charge on any atom is 0.316 e. The molecule has 0 aromatic heterocycles. The molecular weight excluding hydrogens is 497 g/mol. The number of methoxy groups -OCH3 is 1. The van der Waals surface area contributed by atoms with E-state index in [9.17, 15) is 19.1 Å². The fraction of sp³-hybridized carbons (Fsp3) is 0.375. The molecule has 4 rings (SSSR count). The molecule has 0 fully saturated rings. The molecule has 3 aromatic rings. The minimum atomic E-state index is -0.841. The van der Waals surface area contributed by atoms with Crippen molar-refractivity contribution >= 4 is 17.6 Å². The van der Waals surface area contributed by atoms with E-state index in [0.717, 1.165) is 36.5 Å². The van der Waals surface area contributed by atoms with Crippen molar-refractivity contribution in [2.75, 3.05) is 12.0 Å². The van der Waals surface area contributed by atoms with E-state index in [1.807, 2.05) is 71.0 Å². The fourth-order valence-electron chi connectivity index (χ4n) is 4.93. The van der Waals surface area contributed by atoms with E-state index in [-0.39, 0.29) is 29.4 Å². The average Bonchev–Trinajstić information content (AvgIpc) is 2.89. The number of esters is 1. The van der Waals surface area contributed by atoms with E-state index in [4.69, 9.17) is 9.47 Å². The minimum absolute atomic E-state index is 0.131. The Bertz CT molecular complexity index is 1390. The largest absolute Gasteiger partial charge is 0.505 e. The Balaban J connectivity index is 1.67. The Labute approximate surface area is 229 Å². The van der Waals surface area contributed by atoms with Crippen LogP contribution in [-0.4, -0.2) is 30.1 Å². The second-order valence-corrected chi connectivity index (χ2v) is 11.4. The number of phenolic OH excluding ortho intramolecular Hbond substituents is 1. The van der Waals surface area contributed by atoms with Crippen LogP contribution in [0.4, 0.5) is 10.1 Å². The maximum absolute atomic E-state index is 14.1. The van der Waals surface area contributed by atoms with Gasteiger partial charge in [-0.25, -0.2) is 4.39 Å². The lowest BCUT2D eigenvalue weighted by Crippen LogP contribution is -2.38. The topological polar surface area (TPSA) is 76.1 Å². The van der Waals surface area contributed by atoms with Crippen molar-refractivity contribution in [2.24, 2.45) is 5.41 Å². The number of phenols is 1. The van der Waals surface area contributed by atoms with Crippen LogP contribution in [-0.2, 0) is 17.6 Å². The lowest BCUT2D eigenvalue weighted by molar-refractivity contribution is -0.143. The lowest BCUT2D eigenvalue weighted by Gasteiger charge is -2.33. The molecule has 0 unspecified atom stereocenters. The van der Waals surface area contributed by atoms with Crippen LogP contribution < -0.4 is 14.4 Å². The Morgan fingerprint density at radius 2 is 1.72 bits per heavy atom. The molecule has 206 valence electrons. The molecule has 1 aliphatic carbocycles. The molecule has 6 nitrogen and oxygen atoms in total. The zero-order valence-electron chi connectivity index (χ0n) is 23.4. The number of amides is 1. The smallest absolute Gasteiger partial charge is 0.316 e.